The second-order valence-electron chi connectivity index (χ2n) is 5.67. The van der Waals surface area contributed by atoms with Gasteiger partial charge < -0.3 is 4.74 Å². The van der Waals surface area contributed by atoms with Crippen molar-refractivity contribution in [3.05, 3.63) is 34.3 Å². The number of rotatable bonds is 3. The molecular formula is C16H21ClO2. The number of carbonyl (C=O) groups excluding carboxylic acids is 1. The van der Waals surface area contributed by atoms with Crippen molar-refractivity contribution in [3.8, 4) is 0 Å². The molecular weight excluding hydrogens is 260 g/mol. The van der Waals surface area contributed by atoms with Gasteiger partial charge in [-0.1, -0.05) is 30.7 Å². The lowest BCUT2D eigenvalue weighted by Crippen LogP contribution is -2.43. The van der Waals surface area contributed by atoms with E-state index in [4.69, 9.17) is 16.3 Å². The summed E-state index contributed by atoms with van der Waals surface area (Å²) < 4.78 is 5.62. The zero-order valence-corrected chi connectivity index (χ0v) is 12.6. The fraction of sp³-hybridized carbons (Fsp3) is 0.562. The summed E-state index contributed by atoms with van der Waals surface area (Å²) >= 11 is 6.12. The minimum absolute atomic E-state index is 0.0730. The summed E-state index contributed by atoms with van der Waals surface area (Å²) in [5, 5.41) is 0.640. The second-order valence-corrected chi connectivity index (χ2v) is 6.08. The number of hydrogen-bond donors (Lipinski definition) is 0. The zero-order valence-electron chi connectivity index (χ0n) is 11.8. The molecule has 0 bridgehead atoms. The maximum absolute atomic E-state index is 12.7. The molecule has 1 aliphatic rings. The van der Waals surface area contributed by atoms with Gasteiger partial charge >= 0.3 is 0 Å². The first kappa shape index (κ1) is 14.5. The fourth-order valence-electron chi connectivity index (χ4n) is 2.75. The molecule has 1 saturated carbocycles. The van der Waals surface area contributed by atoms with Gasteiger partial charge in [0.2, 0.25) is 0 Å². The van der Waals surface area contributed by atoms with E-state index in [-0.39, 0.29) is 5.78 Å². The number of benzene rings is 1. The molecule has 1 aliphatic carbocycles. The van der Waals surface area contributed by atoms with E-state index < -0.39 is 5.60 Å². The Bertz CT molecular complexity index is 474. The minimum atomic E-state index is -0.648. The molecule has 2 nitrogen and oxygen atoms in total. The summed E-state index contributed by atoms with van der Waals surface area (Å²) in [7, 11) is 1.64. The van der Waals surface area contributed by atoms with Crippen molar-refractivity contribution < 1.29 is 9.53 Å². The van der Waals surface area contributed by atoms with Crippen molar-refractivity contribution in [2.24, 2.45) is 5.92 Å². The first-order chi connectivity index (χ1) is 8.98. The van der Waals surface area contributed by atoms with E-state index in [1.165, 1.54) is 0 Å². The Hall–Kier alpha value is -0.860. The lowest BCUT2D eigenvalue weighted by molar-refractivity contribution is -0.0263. The van der Waals surface area contributed by atoms with E-state index in [0.717, 1.165) is 31.2 Å². The Kier molecular flexibility index (Phi) is 4.32. The summed E-state index contributed by atoms with van der Waals surface area (Å²) in [5.74, 6) is 0.751. The Morgan fingerprint density at radius 2 is 2.00 bits per heavy atom. The molecule has 0 saturated heterocycles. The van der Waals surface area contributed by atoms with Gasteiger partial charge in [0.25, 0.3) is 0 Å². The lowest BCUT2D eigenvalue weighted by Gasteiger charge is -2.37. The molecule has 0 radical (unpaired) electrons. The SMILES string of the molecule is COC1(C(=O)c2ccc(C)c(Cl)c2)CCC(C)CC1. The van der Waals surface area contributed by atoms with Crippen LogP contribution < -0.4 is 0 Å². The van der Waals surface area contributed by atoms with Crippen LogP contribution in [0.4, 0.5) is 0 Å². The zero-order chi connectivity index (χ0) is 14.0. The molecule has 19 heavy (non-hydrogen) atoms. The van der Waals surface area contributed by atoms with Crippen LogP contribution in [0.3, 0.4) is 0 Å². The van der Waals surface area contributed by atoms with Gasteiger partial charge in [0.15, 0.2) is 5.78 Å². The average Bonchev–Trinajstić information content (AvgIpc) is 2.42. The van der Waals surface area contributed by atoms with Crippen LogP contribution in [-0.2, 0) is 4.74 Å². The van der Waals surface area contributed by atoms with E-state index in [1.54, 1.807) is 13.2 Å². The molecule has 0 unspecified atom stereocenters. The van der Waals surface area contributed by atoms with Crippen molar-refractivity contribution in [1.29, 1.82) is 0 Å². The van der Waals surface area contributed by atoms with Crippen LogP contribution >= 0.6 is 11.6 Å². The van der Waals surface area contributed by atoms with E-state index in [0.29, 0.717) is 16.5 Å². The maximum Gasteiger partial charge on any atom is 0.194 e. The van der Waals surface area contributed by atoms with Crippen molar-refractivity contribution >= 4 is 17.4 Å². The Labute approximate surface area is 120 Å². The monoisotopic (exact) mass is 280 g/mol. The number of methoxy groups -OCH3 is 1. The van der Waals surface area contributed by atoms with Gasteiger partial charge in [-0.15, -0.1) is 0 Å². The number of halogens is 1. The van der Waals surface area contributed by atoms with E-state index in [9.17, 15) is 4.79 Å². The van der Waals surface area contributed by atoms with Crippen molar-refractivity contribution in [2.45, 2.75) is 45.1 Å². The minimum Gasteiger partial charge on any atom is -0.370 e. The third kappa shape index (κ3) is 2.85. The number of carbonyl (C=O) groups is 1. The molecule has 1 aromatic carbocycles. The van der Waals surface area contributed by atoms with Gasteiger partial charge in [-0.25, -0.2) is 0 Å². The number of ether oxygens (including phenoxy) is 1. The Morgan fingerprint density at radius 3 is 2.53 bits per heavy atom. The molecule has 0 atom stereocenters. The first-order valence-electron chi connectivity index (χ1n) is 6.84. The third-order valence-electron chi connectivity index (χ3n) is 4.32. The molecule has 104 valence electrons. The molecule has 0 amide bonds. The van der Waals surface area contributed by atoms with Gasteiger partial charge in [-0.3, -0.25) is 4.79 Å². The first-order valence-corrected chi connectivity index (χ1v) is 7.22. The topological polar surface area (TPSA) is 26.3 Å². The highest BCUT2D eigenvalue weighted by Crippen LogP contribution is 2.37. The van der Waals surface area contributed by atoms with Gasteiger partial charge in [0.1, 0.15) is 5.60 Å². The highest BCUT2D eigenvalue weighted by molar-refractivity contribution is 6.31. The summed E-state index contributed by atoms with van der Waals surface area (Å²) in [6, 6.07) is 5.50. The van der Waals surface area contributed by atoms with Gasteiger partial charge in [-0.05, 0) is 50.2 Å². The third-order valence-corrected chi connectivity index (χ3v) is 4.73. The van der Waals surface area contributed by atoms with Crippen molar-refractivity contribution in [1.82, 2.24) is 0 Å². The largest absolute Gasteiger partial charge is 0.370 e. The van der Waals surface area contributed by atoms with E-state index >= 15 is 0 Å². The van der Waals surface area contributed by atoms with Crippen LogP contribution in [0.1, 0.15) is 48.5 Å². The van der Waals surface area contributed by atoms with Gasteiger partial charge in [0, 0.05) is 17.7 Å². The van der Waals surface area contributed by atoms with Gasteiger partial charge in [-0.2, -0.15) is 0 Å². The highest BCUT2D eigenvalue weighted by Gasteiger charge is 2.41. The van der Waals surface area contributed by atoms with Gasteiger partial charge in [0.05, 0.1) is 0 Å². The second kappa shape index (κ2) is 5.64. The molecule has 0 heterocycles. The standard InChI is InChI=1S/C16H21ClO2/c1-11-6-8-16(19-3,9-7-11)15(18)13-5-4-12(2)14(17)10-13/h4-5,10-11H,6-9H2,1-3H3. The van der Waals surface area contributed by atoms with Crippen LogP contribution in [0.25, 0.3) is 0 Å². The molecule has 1 fully saturated rings. The van der Waals surface area contributed by atoms with Crippen LogP contribution in [0.5, 0.6) is 0 Å². The lowest BCUT2D eigenvalue weighted by atomic mass is 9.75. The molecule has 2 rings (SSSR count). The smallest absolute Gasteiger partial charge is 0.194 e. The summed E-state index contributed by atoms with van der Waals surface area (Å²) in [4.78, 5) is 12.7. The number of ketones is 1. The molecule has 0 N–H and O–H groups in total. The van der Waals surface area contributed by atoms with Crippen molar-refractivity contribution in [3.63, 3.8) is 0 Å². The molecule has 0 aliphatic heterocycles. The van der Waals surface area contributed by atoms with Crippen molar-refractivity contribution in [2.75, 3.05) is 7.11 Å². The number of Topliss-reactive ketones (excluding diaryl/α,β-unsaturated/α-hetero) is 1. The number of aryl methyl sites for hydroxylation is 1. The maximum atomic E-state index is 12.7. The molecule has 0 spiro atoms. The van der Waals surface area contributed by atoms with Crippen LogP contribution in [0.2, 0.25) is 5.02 Å². The van der Waals surface area contributed by atoms with Crippen LogP contribution in [0, 0.1) is 12.8 Å². The predicted molar refractivity (Wildman–Crippen MR) is 77.9 cm³/mol. The molecule has 0 aromatic heterocycles. The average molecular weight is 281 g/mol. The fourth-order valence-corrected chi connectivity index (χ4v) is 2.93. The van der Waals surface area contributed by atoms with Crippen LogP contribution in [-0.4, -0.2) is 18.5 Å². The predicted octanol–water partition coefficient (Wildman–Crippen LogP) is 4.43. The molecule has 3 heteroatoms. The summed E-state index contributed by atoms with van der Waals surface area (Å²) in [5.41, 5.74) is 0.999. The Morgan fingerprint density at radius 1 is 1.37 bits per heavy atom. The molecule has 1 aromatic rings. The van der Waals surface area contributed by atoms with Crippen LogP contribution in [0.15, 0.2) is 18.2 Å². The summed E-state index contributed by atoms with van der Waals surface area (Å²) in [6.45, 7) is 4.16. The normalized spacial score (nSPS) is 27.3. The summed E-state index contributed by atoms with van der Waals surface area (Å²) in [6.07, 6.45) is 3.68. The quantitative estimate of drug-likeness (QED) is 0.766. The van der Waals surface area contributed by atoms with E-state index in [1.807, 2.05) is 19.1 Å². The Balaban J connectivity index is 2.28. The van der Waals surface area contributed by atoms with E-state index in [2.05, 4.69) is 6.92 Å². The number of hydrogen-bond acceptors (Lipinski definition) is 2. The highest BCUT2D eigenvalue weighted by atomic mass is 35.5.